The minimum atomic E-state index is -0.0503. The first kappa shape index (κ1) is 15.3. The number of hydrogen-bond acceptors (Lipinski definition) is 2. The Balaban J connectivity index is 0.00000147. The molecule has 2 fully saturated rings. The van der Waals surface area contributed by atoms with Crippen molar-refractivity contribution in [2.75, 3.05) is 13.1 Å². The van der Waals surface area contributed by atoms with Crippen LogP contribution >= 0.6 is 12.4 Å². The molecule has 0 aromatic heterocycles. The zero-order valence-electron chi connectivity index (χ0n) is 11.7. The van der Waals surface area contributed by atoms with Gasteiger partial charge < -0.3 is 10.6 Å². The van der Waals surface area contributed by atoms with Crippen molar-refractivity contribution in [3.63, 3.8) is 0 Å². The lowest BCUT2D eigenvalue weighted by Gasteiger charge is -2.24. The largest absolute Gasteiger partial charge is 0.347 e. The molecule has 1 heterocycles. The van der Waals surface area contributed by atoms with Crippen LogP contribution in [0.3, 0.4) is 0 Å². The van der Waals surface area contributed by atoms with Crippen molar-refractivity contribution in [2.24, 2.45) is 5.92 Å². The van der Waals surface area contributed by atoms with E-state index in [1.165, 1.54) is 5.56 Å². The summed E-state index contributed by atoms with van der Waals surface area (Å²) in [7, 11) is 0. The summed E-state index contributed by atoms with van der Waals surface area (Å²) in [6.45, 7) is 2.11. The molecule has 4 heteroatoms. The zero-order valence-corrected chi connectivity index (χ0v) is 12.5. The Morgan fingerprint density at radius 2 is 1.85 bits per heavy atom. The van der Waals surface area contributed by atoms with Gasteiger partial charge in [0, 0.05) is 6.42 Å². The van der Waals surface area contributed by atoms with Gasteiger partial charge in [0.15, 0.2) is 0 Å². The molecule has 3 rings (SSSR count). The van der Waals surface area contributed by atoms with Crippen LogP contribution in [-0.2, 0) is 10.3 Å². The van der Waals surface area contributed by atoms with Gasteiger partial charge in [0.2, 0.25) is 5.91 Å². The maximum atomic E-state index is 12.2. The van der Waals surface area contributed by atoms with Crippen LogP contribution in [0.25, 0.3) is 0 Å². The molecule has 1 saturated heterocycles. The second-order valence-corrected chi connectivity index (χ2v) is 5.89. The summed E-state index contributed by atoms with van der Waals surface area (Å²) in [5.74, 6) is 0.793. The highest BCUT2D eigenvalue weighted by Crippen LogP contribution is 2.45. The minimum Gasteiger partial charge on any atom is -0.347 e. The molecule has 0 radical (unpaired) electrons. The Morgan fingerprint density at radius 1 is 1.20 bits per heavy atom. The number of rotatable bonds is 4. The van der Waals surface area contributed by atoms with E-state index in [0.717, 1.165) is 38.8 Å². The Kier molecular flexibility index (Phi) is 5.06. The van der Waals surface area contributed by atoms with Crippen LogP contribution in [0.2, 0.25) is 0 Å². The molecule has 1 aliphatic carbocycles. The number of carbonyl (C=O) groups excluding carboxylic acids is 1. The topological polar surface area (TPSA) is 41.1 Å². The highest BCUT2D eigenvalue weighted by Gasteiger charge is 2.45. The Bertz CT molecular complexity index is 439. The van der Waals surface area contributed by atoms with Gasteiger partial charge >= 0.3 is 0 Å². The molecule has 1 aromatic carbocycles. The fourth-order valence-corrected chi connectivity index (χ4v) is 3.03. The van der Waals surface area contributed by atoms with Gasteiger partial charge in [-0.3, -0.25) is 4.79 Å². The number of carbonyl (C=O) groups is 1. The van der Waals surface area contributed by atoms with Crippen molar-refractivity contribution in [3.05, 3.63) is 35.9 Å². The second-order valence-electron chi connectivity index (χ2n) is 5.89. The highest BCUT2D eigenvalue weighted by atomic mass is 35.5. The minimum absolute atomic E-state index is 0. The SMILES string of the molecule is Cl.O=C(CC1CCNCC1)NC1(c2ccccc2)CC1. The lowest BCUT2D eigenvalue weighted by Crippen LogP contribution is -2.37. The van der Waals surface area contributed by atoms with Gasteiger partial charge in [-0.1, -0.05) is 30.3 Å². The fourth-order valence-electron chi connectivity index (χ4n) is 3.03. The van der Waals surface area contributed by atoms with Crippen molar-refractivity contribution >= 4 is 18.3 Å². The molecule has 0 bridgehead atoms. The first-order valence-corrected chi connectivity index (χ1v) is 7.36. The molecular weight excluding hydrogens is 272 g/mol. The Hall–Kier alpha value is -1.06. The van der Waals surface area contributed by atoms with Crippen LogP contribution in [0.1, 0.15) is 37.7 Å². The van der Waals surface area contributed by atoms with Crippen molar-refractivity contribution in [2.45, 2.75) is 37.6 Å². The predicted molar refractivity (Wildman–Crippen MR) is 83.0 cm³/mol. The third-order valence-corrected chi connectivity index (χ3v) is 4.39. The van der Waals surface area contributed by atoms with E-state index in [1.54, 1.807) is 0 Å². The molecular formula is C16H23ClN2O. The molecule has 20 heavy (non-hydrogen) atoms. The molecule has 1 amide bonds. The average Bonchev–Trinajstić information content (AvgIpc) is 3.21. The molecule has 0 spiro atoms. The van der Waals surface area contributed by atoms with E-state index in [1.807, 2.05) is 18.2 Å². The van der Waals surface area contributed by atoms with E-state index < -0.39 is 0 Å². The van der Waals surface area contributed by atoms with Crippen molar-refractivity contribution < 1.29 is 4.79 Å². The van der Waals surface area contributed by atoms with Crippen molar-refractivity contribution in [3.8, 4) is 0 Å². The second kappa shape index (κ2) is 6.59. The first-order valence-electron chi connectivity index (χ1n) is 7.36. The summed E-state index contributed by atoms with van der Waals surface area (Å²) in [5.41, 5.74) is 1.21. The van der Waals surface area contributed by atoms with Gasteiger partial charge in [-0.25, -0.2) is 0 Å². The van der Waals surface area contributed by atoms with Gasteiger partial charge in [-0.2, -0.15) is 0 Å². The van der Waals surface area contributed by atoms with Crippen LogP contribution in [0, 0.1) is 5.92 Å². The van der Waals surface area contributed by atoms with Gasteiger partial charge in [0.25, 0.3) is 0 Å². The lowest BCUT2D eigenvalue weighted by atomic mass is 9.94. The summed E-state index contributed by atoms with van der Waals surface area (Å²) in [4.78, 5) is 12.2. The maximum Gasteiger partial charge on any atom is 0.220 e. The summed E-state index contributed by atoms with van der Waals surface area (Å²) in [6.07, 6.45) is 5.11. The van der Waals surface area contributed by atoms with E-state index in [9.17, 15) is 4.79 Å². The molecule has 1 aliphatic heterocycles. The fraction of sp³-hybridized carbons (Fsp3) is 0.562. The molecule has 2 N–H and O–H groups in total. The average molecular weight is 295 g/mol. The molecule has 0 atom stereocenters. The number of piperidine rings is 1. The van der Waals surface area contributed by atoms with E-state index in [4.69, 9.17) is 0 Å². The number of halogens is 1. The van der Waals surface area contributed by atoms with Gasteiger partial charge in [0.1, 0.15) is 0 Å². The smallest absolute Gasteiger partial charge is 0.220 e. The highest BCUT2D eigenvalue weighted by molar-refractivity contribution is 5.85. The van der Waals surface area contributed by atoms with Crippen molar-refractivity contribution in [1.29, 1.82) is 0 Å². The number of nitrogens with one attached hydrogen (secondary N) is 2. The Labute approximate surface area is 126 Å². The van der Waals surface area contributed by atoms with E-state index in [2.05, 4.69) is 22.8 Å². The Morgan fingerprint density at radius 3 is 2.45 bits per heavy atom. The third-order valence-electron chi connectivity index (χ3n) is 4.39. The number of amides is 1. The standard InChI is InChI=1S/C16H22N2O.ClH/c19-15(12-13-6-10-17-11-7-13)18-16(8-9-16)14-4-2-1-3-5-14;/h1-5,13,17H,6-12H2,(H,18,19);1H. The zero-order chi connectivity index (χ0) is 13.1. The molecule has 1 aromatic rings. The van der Waals surface area contributed by atoms with Crippen LogP contribution in [-0.4, -0.2) is 19.0 Å². The lowest BCUT2D eigenvalue weighted by molar-refractivity contribution is -0.123. The molecule has 0 unspecified atom stereocenters. The predicted octanol–water partition coefficient (Wildman–Crippen LogP) is 2.60. The van der Waals surface area contributed by atoms with Gasteiger partial charge in [-0.15, -0.1) is 12.4 Å². The van der Waals surface area contributed by atoms with Gasteiger partial charge in [-0.05, 0) is 50.3 Å². The molecule has 3 nitrogen and oxygen atoms in total. The molecule has 1 saturated carbocycles. The summed E-state index contributed by atoms with van der Waals surface area (Å²) < 4.78 is 0. The summed E-state index contributed by atoms with van der Waals surface area (Å²) in [6, 6.07) is 10.4. The number of benzene rings is 1. The normalized spacial score (nSPS) is 20.8. The summed E-state index contributed by atoms with van der Waals surface area (Å²) in [5, 5.41) is 6.61. The maximum absolute atomic E-state index is 12.2. The van der Waals surface area contributed by atoms with E-state index in [-0.39, 0.29) is 23.9 Å². The van der Waals surface area contributed by atoms with E-state index in [0.29, 0.717) is 12.3 Å². The molecule has 2 aliphatic rings. The van der Waals surface area contributed by atoms with Crippen LogP contribution in [0.15, 0.2) is 30.3 Å². The monoisotopic (exact) mass is 294 g/mol. The quantitative estimate of drug-likeness (QED) is 0.896. The van der Waals surface area contributed by atoms with E-state index >= 15 is 0 Å². The van der Waals surface area contributed by atoms with Gasteiger partial charge in [0.05, 0.1) is 5.54 Å². The van der Waals surface area contributed by atoms with Crippen LogP contribution in [0.5, 0.6) is 0 Å². The van der Waals surface area contributed by atoms with Crippen LogP contribution < -0.4 is 10.6 Å². The van der Waals surface area contributed by atoms with Crippen LogP contribution in [0.4, 0.5) is 0 Å². The molecule has 110 valence electrons. The summed E-state index contributed by atoms with van der Waals surface area (Å²) >= 11 is 0. The number of hydrogen-bond donors (Lipinski definition) is 2. The third kappa shape index (κ3) is 3.53. The first-order chi connectivity index (χ1) is 9.28. The van der Waals surface area contributed by atoms with Crippen molar-refractivity contribution in [1.82, 2.24) is 10.6 Å².